The van der Waals surface area contributed by atoms with Crippen molar-refractivity contribution >= 4 is 44.9 Å². The quantitative estimate of drug-likeness (QED) is 0.427. The van der Waals surface area contributed by atoms with Crippen LogP contribution in [0.2, 0.25) is 0 Å². The molecule has 1 aromatic carbocycles. The largest absolute Gasteiger partial charge is 0.323 e. The second kappa shape index (κ2) is 8.70. The molecule has 0 saturated carbocycles. The number of amides is 1. The molecule has 0 radical (unpaired) electrons. The maximum atomic E-state index is 13.9. The van der Waals surface area contributed by atoms with Gasteiger partial charge in [-0.2, -0.15) is 0 Å². The fourth-order valence-electron chi connectivity index (χ4n) is 3.81. The number of benzene rings is 1. The van der Waals surface area contributed by atoms with Crippen molar-refractivity contribution in [2.75, 3.05) is 5.32 Å². The van der Waals surface area contributed by atoms with E-state index in [2.05, 4.69) is 12.2 Å². The summed E-state index contributed by atoms with van der Waals surface area (Å²) in [5.74, 6) is -1.41. The lowest BCUT2D eigenvalue weighted by Crippen LogP contribution is -2.27. The van der Waals surface area contributed by atoms with Crippen molar-refractivity contribution < 1.29 is 13.6 Å². The Kier molecular flexibility index (Phi) is 6.16. The van der Waals surface area contributed by atoms with Crippen LogP contribution in [0.3, 0.4) is 0 Å². The Balaban J connectivity index is 1.63. The number of nitrogens with zero attached hydrogens (tertiary/aromatic N) is 2. The van der Waals surface area contributed by atoms with E-state index >= 15 is 0 Å². The van der Waals surface area contributed by atoms with Crippen LogP contribution in [-0.4, -0.2) is 20.7 Å². The van der Waals surface area contributed by atoms with Crippen LogP contribution in [0.15, 0.2) is 28.2 Å². The molecule has 2 atom stereocenters. The molecule has 1 aliphatic carbocycles. The highest BCUT2D eigenvalue weighted by molar-refractivity contribution is 8.00. The summed E-state index contributed by atoms with van der Waals surface area (Å²) in [4.78, 5) is 32.5. The molecule has 1 aliphatic rings. The second-order valence-corrected chi connectivity index (χ2v) is 10.2. The molecule has 2 heterocycles. The van der Waals surface area contributed by atoms with E-state index in [0.29, 0.717) is 27.8 Å². The zero-order valence-electron chi connectivity index (χ0n) is 17.5. The van der Waals surface area contributed by atoms with E-state index in [9.17, 15) is 18.4 Å². The van der Waals surface area contributed by atoms with E-state index < -0.39 is 22.8 Å². The summed E-state index contributed by atoms with van der Waals surface area (Å²) in [6.07, 6.45) is 2.93. The number of fused-ring (bicyclic) bond motifs is 3. The van der Waals surface area contributed by atoms with Crippen molar-refractivity contribution in [3.8, 4) is 0 Å². The topological polar surface area (TPSA) is 64.0 Å². The standard InChI is InChI=1S/C22H23F2N3O2S2/c1-4-27-21(29)18-14-7-5-11(2)9-17(14)31-20(18)26-22(27)30-12(3)19(28)25-16-8-6-13(23)10-15(16)24/h6,8,10-12H,4-5,7,9H2,1-3H3,(H,25,28). The summed E-state index contributed by atoms with van der Waals surface area (Å²) in [6.45, 7) is 6.19. The molecule has 31 heavy (non-hydrogen) atoms. The predicted molar refractivity (Wildman–Crippen MR) is 121 cm³/mol. The minimum absolute atomic E-state index is 0.0701. The van der Waals surface area contributed by atoms with Crippen molar-refractivity contribution in [2.45, 2.75) is 57.0 Å². The molecule has 9 heteroatoms. The third-order valence-electron chi connectivity index (χ3n) is 5.54. The molecule has 0 bridgehead atoms. The normalized spacial score (nSPS) is 16.9. The van der Waals surface area contributed by atoms with Gasteiger partial charge in [-0.05, 0) is 56.7 Å². The number of aryl methyl sites for hydroxylation is 1. The molecule has 1 amide bonds. The number of aromatic nitrogens is 2. The molecule has 1 N–H and O–H groups in total. The molecule has 3 aromatic rings. The number of hydrogen-bond acceptors (Lipinski definition) is 5. The maximum absolute atomic E-state index is 13.9. The van der Waals surface area contributed by atoms with Gasteiger partial charge in [0, 0.05) is 17.5 Å². The summed E-state index contributed by atoms with van der Waals surface area (Å²) >= 11 is 2.73. The number of rotatable bonds is 5. The number of halogens is 2. The van der Waals surface area contributed by atoms with E-state index in [4.69, 9.17) is 4.98 Å². The molecular weight excluding hydrogens is 440 g/mol. The number of carbonyl (C=O) groups is 1. The first-order valence-corrected chi connectivity index (χ1v) is 12.0. The summed E-state index contributed by atoms with van der Waals surface area (Å²) in [5.41, 5.74) is 0.973. The number of thiophene rings is 1. The number of carbonyl (C=O) groups excluding carboxylic acids is 1. The lowest BCUT2D eigenvalue weighted by atomic mass is 9.89. The zero-order valence-corrected chi connectivity index (χ0v) is 19.1. The van der Waals surface area contributed by atoms with Gasteiger partial charge in [0.25, 0.3) is 5.56 Å². The third kappa shape index (κ3) is 4.25. The SMILES string of the molecule is CCn1c(SC(C)C(=O)Nc2ccc(F)cc2F)nc2sc3c(c2c1=O)CCC(C)C3. The van der Waals surface area contributed by atoms with Gasteiger partial charge in [0.15, 0.2) is 5.16 Å². The lowest BCUT2D eigenvalue weighted by molar-refractivity contribution is -0.115. The van der Waals surface area contributed by atoms with Crippen LogP contribution in [0.1, 0.15) is 37.6 Å². The van der Waals surface area contributed by atoms with Crippen LogP contribution < -0.4 is 10.9 Å². The Morgan fingerprint density at radius 2 is 2.19 bits per heavy atom. The van der Waals surface area contributed by atoms with Crippen molar-refractivity contribution in [2.24, 2.45) is 5.92 Å². The van der Waals surface area contributed by atoms with E-state index in [0.717, 1.165) is 48.7 Å². The second-order valence-electron chi connectivity index (χ2n) is 7.85. The molecule has 164 valence electrons. The average molecular weight is 464 g/mol. The first-order valence-electron chi connectivity index (χ1n) is 10.3. The molecule has 0 saturated heterocycles. The summed E-state index contributed by atoms with van der Waals surface area (Å²) < 4.78 is 28.6. The highest BCUT2D eigenvalue weighted by Crippen LogP contribution is 2.37. The fraction of sp³-hybridized carbons (Fsp3) is 0.409. The van der Waals surface area contributed by atoms with Crippen LogP contribution in [-0.2, 0) is 24.2 Å². The van der Waals surface area contributed by atoms with Crippen molar-refractivity contribution in [1.29, 1.82) is 0 Å². The number of nitrogens with one attached hydrogen (secondary N) is 1. The van der Waals surface area contributed by atoms with Gasteiger partial charge < -0.3 is 5.32 Å². The molecular formula is C22H23F2N3O2S2. The van der Waals surface area contributed by atoms with E-state index in [1.165, 1.54) is 10.9 Å². The molecule has 2 aromatic heterocycles. The van der Waals surface area contributed by atoms with Gasteiger partial charge in [-0.1, -0.05) is 18.7 Å². The van der Waals surface area contributed by atoms with Gasteiger partial charge in [-0.15, -0.1) is 11.3 Å². The minimum Gasteiger partial charge on any atom is -0.323 e. The van der Waals surface area contributed by atoms with Crippen LogP contribution in [0, 0.1) is 17.6 Å². The smallest absolute Gasteiger partial charge is 0.263 e. The highest BCUT2D eigenvalue weighted by Gasteiger charge is 2.26. The molecule has 0 aliphatic heterocycles. The molecule has 4 rings (SSSR count). The van der Waals surface area contributed by atoms with Gasteiger partial charge in [0.05, 0.1) is 16.3 Å². The Morgan fingerprint density at radius 1 is 1.42 bits per heavy atom. The summed E-state index contributed by atoms with van der Waals surface area (Å²) in [6, 6.07) is 2.99. The van der Waals surface area contributed by atoms with Crippen LogP contribution >= 0.6 is 23.1 Å². The maximum Gasteiger partial charge on any atom is 0.263 e. The van der Waals surface area contributed by atoms with Crippen LogP contribution in [0.4, 0.5) is 14.5 Å². The first kappa shape index (κ1) is 22.0. The number of thioether (sulfide) groups is 1. The van der Waals surface area contributed by atoms with E-state index in [1.54, 1.807) is 22.8 Å². The van der Waals surface area contributed by atoms with Gasteiger partial charge in [-0.25, -0.2) is 13.8 Å². The Labute approximate surface area is 186 Å². The van der Waals surface area contributed by atoms with Gasteiger partial charge in [0.2, 0.25) is 5.91 Å². The molecule has 2 unspecified atom stereocenters. The van der Waals surface area contributed by atoms with Crippen LogP contribution in [0.25, 0.3) is 10.2 Å². The highest BCUT2D eigenvalue weighted by atomic mass is 32.2. The molecule has 0 fully saturated rings. The summed E-state index contributed by atoms with van der Waals surface area (Å²) in [5, 5.41) is 3.02. The zero-order chi connectivity index (χ0) is 22.3. The number of anilines is 1. The van der Waals surface area contributed by atoms with E-state index in [1.807, 2.05) is 6.92 Å². The Bertz CT molecular complexity index is 1220. The van der Waals surface area contributed by atoms with Crippen molar-refractivity contribution in [1.82, 2.24) is 9.55 Å². The van der Waals surface area contributed by atoms with Crippen LogP contribution in [0.5, 0.6) is 0 Å². The van der Waals surface area contributed by atoms with Crippen molar-refractivity contribution in [3.05, 3.63) is 50.6 Å². The predicted octanol–water partition coefficient (Wildman–Crippen LogP) is 5.00. The van der Waals surface area contributed by atoms with Gasteiger partial charge in [-0.3, -0.25) is 14.2 Å². The number of hydrogen-bond donors (Lipinski definition) is 1. The average Bonchev–Trinajstić information content (AvgIpc) is 3.07. The molecule has 0 spiro atoms. The monoisotopic (exact) mass is 463 g/mol. The Hall–Kier alpha value is -2.26. The van der Waals surface area contributed by atoms with Gasteiger partial charge >= 0.3 is 0 Å². The van der Waals surface area contributed by atoms with Gasteiger partial charge in [0.1, 0.15) is 16.5 Å². The summed E-state index contributed by atoms with van der Waals surface area (Å²) in [7, 11) is 0. The van der Waals surface area contributed by atoms with E-state index in [-0.39, 0.29) is 11.2 Å². The minimum atomic E-state index is -0.839. The van der Waals surface area contributed by atoms with Crippen molar-refractivity contribution in [3.63, 3.8) is 0 Å². The molecule has 5 nitrogen and oxygen atoms in total. The first-order chi connectivity index (χ1) is 14.8. The fourth-order valence-corrected chi connectivity index (χ4v) is 6.21. The Morgan fingerprint density at radius 3 is 2.90 bits per heavy atom. The third-order valence-corrected chi connectivity index (χ3v) is 7.78. The lowest BCUT2D eigenvalue weighted by Gasteiger charge is -2.18.